The van der Waals surface area contributed by atoms with Crippen LogP contribution in [0.25, 0.3) is 0 Å². The minimum absolute atomic E-state index is 0.0479. The van der Waals surface area contributed by atoms with Gasteiger partial charge in [0.25, 0.3) is 0 Å². The molecule has 0 atom stereocenters. The van der Waals surface area contributed by atoms with Crippen molar-refractivity contribution in [3.63, 3.8) is 0 Å². The van der Waals surface area contributed by atoms with Crippen molar-refractivity contribution < 1.29 is 8.78 Å². The zero-order valence-electron chi connectivity index (χ0n) is 11.0. The van der Waals surface area contributed by atoms with Crippen LogP contribution in [0.15, 0.2) is 28.7 Å². The van der Waals surface area contributed by atoms with E-state index < -0.39 is 11.6 Å². The molecule has 0 fully saturated rings. The highest BCUT2D eigenvalue weighted by molar-refractivity contribution is 9.10. The van der Waals surface area contributed by atoms with E-state index >= 15 is 0 Å². The first-order valence-corrected chi connectivity index (χ1v) is 7.17. The molecule has 108 valence electrons. The maximum atomic E-state index is 13.8. The number of nitrogens with zero attached hydrogens (tertiary/aromatic N) is 1. The van der Waals surface area contributed by atoms with Gasteiger partial charge in [-0.15, -0.1) is 0 Å². The van der Waals surface area contributed by atoms with Crippen LogP contribution in [0.1, 0.15) is 16.7 Å². The molecule has 0 heterocycles. The van der Waals surface area contributed by atoms with Gasteiger partial charge in [-0.1, -0.05) is 11.6 Å². The Labute approximate surface area is 134 Å². The average Bonchev–Trinajstić information content (AvgIpc) is 2.42. The van der Waals surface area contributed by atoms with Gasteiger partial charge in [0.05, 0.1) is 17.3 Å². The zero-order valence-corrected chi connectivity index (χ0v) is 13.3. The molecule has 0 aliphatic carbocycles. The number of rotatable bonds is 3. The summed E-state index contributed by atoms with van der Waals surface area (Å²) in [6, 6.07) is 7.23. The highest BCUT2D eigenvalue weighted by Gasteiger charge is 2.12. The van der Waals surface area contributed by atoms with Crippen LogP contribution in [0.5, 0.6) is 0 Å². The second-order valence-corrected chi connectivity index (χ2v) is 5.73. The zero-order chi connectivity index (χ0) is 15.6. The normalized spacial score (nSPS) is 10.3. The SMILES string of the molecule is Cc1cc(Br)c(NCc2c(F)cc(C#N)cc2F)cc1Cl. The number of hydrogen-bond donors (Lipinski definition) is 1. The number of nitrogens with one attached hydrogen (secondary N) is 1. The summed E-state index contributed by atoms with van der Waals surface area (Å²) in [7, 11) is 0. The quantitative estimate of drug-likeness (QED) is 0.807. The van der Waals surface area contributed by atoms with E-state index in [0.29, 0.717) is 10.7 Å². The number of aryl methyl sites for hydroxylation is 1. The lowest BCUT2D eigenvalue weighted by Crippen LogP contribution is -2.06. The van der Waals surface area contributed by atoms with Crippen LogP contribution in [0.2, 0.25) is 5.02 Å². The summed E-state index contributed by atoms with van der Waals surface area (Å²) >= 11 is 9.39. The van der Waals surface area contributed by atoms with E-state index in [9.17, 15) is 8.78 Å². The monoisotopic (exact) mass is 370 g/mol. The van der Waals surface area contributed by atoms with E-state index in [4.69, 9.17) is 16.9 Å². The second kappa shape index (κ2) is 6.42. The third-order valence-corrected chi connectivity index (χ3v) is 4.04. The third-order valence-electron chi connectivity index (χ3n) is 2.97. The van der Waals surface area contributed by atoms with Crippen LogP contribution in [-0.4, -0.2) is 0 Å². The van der Waals surface area contributed by atoms with E-state index in [1.54, 1.807) is 12.1 Å². The van der Waals surface area contributed by atoms with Gasteiger partial charge in [-0.2, -0.15) is 5.26 Å². The first-order chi connectivity index (χ1) is 9.92. The number of anilines is 1. The lowest BCUT2D eigenvalue weighted by Gasteiger charge is -2.12. The van der Waals surface area contributed by atoms with Gasteiger partial charge in [-0.05, 0) is 52.7 Å². The van der Waals surface area contributed by atoms with Crippen molar-refractivity contribution in [1.29, 1.82) is 5.26 Å². The van der Waals surface area contributed by atoms with E-state index in [1.165, 1.54) is 0 Å². The lowest BCUT2D eigenvalue weighted by molar-refractivity contribution is 0.559. The molecule has 0 saturated carbocycles. The fraction of sp³-hybridized carbons (Fsp3) is 0.133. The molecular formula is C15H10BrClF2N2. The van der Waals surface area contributed by atoms with Gasteiger partial charge in [0.2, 0.25) is 0 Å². The van der Waals surface area contributed by atoms with Gasteiger partial charge in [-0.25, -0.2) is 8.78 Å². The molecule has 0 aromatic heterocycles. The van der Waals surface area contributed by atoms with Crippen LogP contribution in [0, 0.1) is 29.9 Å². The fourth-order valence-corrected chi connectivity index (χ4v) is 2.56. The topological polar surface area (TPSA) is 35.8 Å². The van der Waals surface area contributed by atoms with E-state index in [-0.39, 0.29) is 17.7 Å². The summed E-state index contributed by atoms with van der Waals surface area (Å²) in [5, 5.41) is 12.1. The Kier molecular flexibility index (Phi) is 4.81. The fourth-order valence-electron chi connectivity index (χ4n) is 1.80. The van der Waals surface area contributed by atoms with Crippen molar-refractivity contribution in [2.75, 3.05) is 5.32 Å². The summed E-state index contributed by atoms with van der Waals surface area (Å²) in [6.07, 6.45) is 0. The summed E-state index contributed by atoms with van der Waals surface area (Å²) in [6.45, 7) is 1.80. The second-order valence-electron chi connectivity index (χ2n) is 4.47. The molecule has 0 radical (unpaired) electrons. The number of halogens is 4. The Bertz CT molecular complexity index is 718. The number of hydrogen-bond acceptors (Lipinski definition) is 2. The Morgan fingerprint density at radius 1 is 1.24 bits per heavy atom. The van der Waals surface area contributed by atoms with E-state index in [2.05, 4.69) is 21.2 Å². The molecule has 2 nitrogen and oxygen atoms in total. The van der Waals surface area contributed by atoms with Crippen LogP contribution in [0.3, 0.4) is 0 Å². The van der Waals surface area contributed by atoms with Crippen molar-refractivity contribution in [2.24, 2.45) is 0 Å². The van der Waals surface area contributed by atoms with Crippen LogP contribution in [0.4, 0.5) is 14.5 Å². The maximum absolute atomic E-state index is 13.8. The predicted octanol–water partition coefficient (Wildman–Crippen LogP) is 5.17. The van der Waals surface area contributed by atoms with Crippen LogP contribution >= 0.6 is 27.5 Å². The molecule has 0 aliphatic heterocycles. The minimum Gasteiger partial charge on any atom is -0.380 e. The molecule has 6 heteroatoms. The average molecular weight is 372 g/mol. The molecule has 0 unspecified atom stereocenters. The van der Waals surface area contributed by atoms with Crippen LogP contribution < -0.4 is 5.32 Å². The molecule has 0 spiro atoms. The van der Waals surface area contributed by atoms with Crippen molar-refractivity contribution in [1.82, 2.24) is 0 Å². The van der Waals surface area contributed by atoms with Gasteiger partial charge < -0.3 is 5.32 Å². The van der Waals surface area contributed by atoms with Crippen molar-refractivity contribution in [3.8, 4) is 6.07 Å². The Morgan fingerprint density at radius 3 is 2.43 bits per heavy atom. The van der Waals surface area contributed by atoms with Gasteiger partial charge >= 0.3 is 0 Å². The summed E-state index contributed by atoms with van der Waals surface area (Å²) in [5.74, 6) is -1.51. The van der Waals surface area contributed by atoms with Gasteiger partial charge in [0.1, 0.15) is 11.6 Å². The molecule has 2 rings (SSSR count). The van der Waals surface area contributed by atoms with Gasteiger partial charge in [0, 0.05) is 21.6 Å². The largest absolute Gasteiger partial charge is 0.380 e. The first-order valence-electron chi connectivity index (χ1n) is 6.00. The predicted molar refractivity (Wildman–Crippen MR) is 82.3 cm³/mol. The molecule has 2 aromatic carbocycles. The molecule has 21 heavy (non-hydrogen) atoms. The molecular weight excluding hydrogens is 362 g/mol. The standard InChI is InChI=1S/C15H10BrClF2N2/c1-8-2-11(16)15(5-12(8)17)21-7-10-13(18)3-9(6-20)4-14(10)19/h2-5,21H,7H2,1H3. The Hall–Kier alpha value is -1.64. The first kappa shape index (κ1) is 15.7. The van der Waals surface area contributed by atoms with Crippen molar-refractivity contribution in [2.45, 2.75) is 13.5 Å². The summed E-state index contributed by atoms with van der Waals surface area (Å²) in [4.78, 5) is 0. The van der Waals surface area contributed by atoms with Crippen LogP contribution in [-0.2, 0) is 6.54 Å². The highest BCUT2D eigenvalue weighted by Crippen LogP contribution is 2.30. The Morgan fingerprint density at radius 2 is 1.86 bits per heavy atom. The van der Waals surface area contributed by atoms with E-state index in [0.717, 1.165) is 22.2 Å². The Balaban J connectivity index is 2.25. The molecule has 2 aromatic rings. The lowest BCUT2D eigenvalue weighted by atomic mass is 10.1. The molecule has 0 amide bonds. The molecule has 1 N–H and O–H groups in total. The maximum Gasteiger partial charge on any atom is 0.132 e. The summed E-state index contributed by atoms with van der Waals surface area (Å²) < 4.78 is 28.3. The van der Waals surface area contributed by atoms with E-state index in [1.807, 2.05) is 13.0 Å². The van der Waals surface area contributed by atoms with Crippen molar-refractivity contribution >= 4 is 33.2 Å². The summed E-state index contributed by atoms with van der Waals surface area (Å²) in [5.41, 5.74) is 1.35. The molecule has 0 aliphatic rings. The van der Waals surface area contributed by atoms with Gasteiger partial charge in [0.15, 0.2) is 0 Å². The number of nitriles is 1. The number of benzene rings is 2. The smallest absolute Gasteiger partial charge is 0.132 e. The van der Waals surface area contributed by atoms with Gasteiger partial charge in [-0.3, -0.25) is 0 Å². The molecule has 0 bridgehead atoms. The van der Waals surface area contributed by atoms with Crippen molar-refractivity contribution in [3.05, 3.63) is 62.1 Å². The minimum atomic E-state index is -0.756. The third kappa shape index (κ3) is 3.52. The highest BCUT2D eigenvalue weighted by atomic mass is 79.9. The molecule has 0 saturated heterocycles.